The van der Waals surface area contributed by atoms with Crippen LogP contribution in [0.2, 0.25) is 0 Å². The molecule has 2 unspecified atom stereocenters. The van der Waals surface area contributed by atoms with Gasteiger partial charge in [-0.25, -0.2) is 0 Å². The van der Waals surface area contributed by atoms with Gasteiger partial charge in [0.15, 0.2) is 0 Å². The highest BCUT2D eigenvalue weighted by Crippen LogP contribution is 2.12. The van der Waals surface area contributed by atoms with Crippen LogP contribution in [0.4, 0.5) is 0 Å². The van der Waals surface area contributed by atoms with Crippen LogP contribution in [0.3, 0.4) is 0 Å². The smallest absolute Gasteiger partial charge is 0.220 e. The molecule has 1 amide bonds. The molecule has 0 heterocycles. The SMILES string of the molecule is CCCCCCCCCCC(O)C(CO)NC(=O)CC. The van der Waals surface area contributed by atoms with Crippen LogP contribution in [0.25, 0.3) is 0 Å². The summed E-state index contributed by atoms with van der Waals surface area (Å²) in [4.78, 5) is 11.3. The first-order valence-electron chi connectivity index (χ1n) is 8.23. The maximum Gasteiger partial charge on any atom is 0.220 e. The quantitative estimate of drug-likeness (QED) is 0.456. The highest BCUT2D eigenvalue weighted by molar-refractivity contribution is 5.75. The molecular weight excluding hydrogens is 254 g/mol. The standard InChI is InChI=1S/C16H33NO3/c1-3-5-6-7-8-9-10-11-12-15(19)14(13-18)17-16(20)4-2/h14-15,18-19H,3-13H2,1-2H3,(H,17,20). The van der Waals surface area contributed by atoms with Crippen molar-refractivity contribution in [1.82, 2.24) is 5.32 Å². The Morgan fingerprint density at radius 2 is 1.55 bits per heavy atom. The molecule has 120 valence electrons. The number of hydrogen-bond acceptors (Lipinski definition) is 3. The maximum absolute atomic E-state index is 11.3. The lowest BCUT2D eigenvalue weighted by Gasteiger charge is -2.22. The third kappa shape index (κ3) is 10.2. The van der Waals surface area contributed by atoms with Crippen molar-refractivity contribution in [3.63, 3.8) is 0 Å². The van der Waals surface area contributed by atoms with Gasteiger partial charge in [-0.05, 0) is 6.42 Å². The van der Waals surface area contributed by atoms with Crippen molar-refractivity contribution in [1.29, 1.82) is 0 Å². The Hall–Kier alpha value is -0.610. The molecule has 0 aliphatic rings. The third-order valence-corrected chi connectivity index (χ3v) is 3.68. The molecule has 0 saturated carbocycles. The first kappa shape index (κ1) is 19.4. The van der Waals surface area contributed by atoms with Gasteiger partial charge < -0.3 is 15.5 Å². The lowest BCUT2D eigenvalue weighted by Crippen LogP contribution is -2.45. The highest BCUT2D eigenvalue weighted by atomic mass is 16.3. The average Bonchev–Trinajstić information content (AvgIpc) is 2.46. The molecular formula is C16H33NO3. The van der Waals surface area contributed by atoms with E-state index in [0.717, 1.165) is 12.8 Å². The van der Waals surface area contributed by atoms with Crippen LogP contribution < -0.4 is 5.32 Å². The molecule has 3 N–H and O–H groups in total. The van der Waals surface area contributed by atoms with Crippen LogP contribution in [-0.2, 0) is 4.79 Å². The Morgan fingerprint density at radius 1 is 1.00 bits per heavy atom. The van der Waals surface area contributed by atoms with Crippen molar-refractivity contribution in [2.75, 3.05) is 6.61 Å². The summed E-state index contributed by atoms with van der Waals surface area (Å²) in [6, 6.07) is -0.521. The summed E-state index contributed by atoms with van der Waals surface area (Å²) in [6.45, 7) is 3.77. The fourth-order valence-corrected chi connectivity index (χ4v) is 2.26. The van der Waals surface area contributed by atoms with Crippen LogP contribution in [0.15, 0.2) is 0 Å². The minimum atomic E-state index is -0.643. The average molecular weight is 287 g/mol. The summed E-state index contributed by atoms with van der Waals surface area (Å²) in [5.74, 6) is -0.126. The van der Waals surface area contributed by atoms with Crippen molar-refractivity contribution >= 4 is 5.91 Å². The number of aliphatic hydroxyl groups is 2. The number of carbonyl (C=O) groups excluding carboxylic acids is 1. The lowest BCUT2D eigenvalue weighted by atomic mass is 10.0. The van der Waals surface area contributed by atoms with Gasteiger partial charge in [-0.3, -0.25) is 4.79 Å². The monoisotopic (exact) mass is 287 g/mol. The van der Waals surface area contributed by atoms with Gasteiger partial charge >= 0.3 is 0 Å². The molecule has 0 aromatic carbocycles. The largest absolute Gasteiger partial charge is 0.394 e. The van der Waals surface area contributed by atoms with Crippen LogP contribution in [0.1, 0.15) is 78.1 Å². The van der Waals surface area contributed by atoms with Gasteiger partial charge in [0.25, 0.3) is 0 Å². The maximum atomic E-state index is 11.3. The van der Waals surface area contributed by atoms with Gasteiger partial charge in [0.05, 0.1) is 18.8 Å². The molecule has 4 heteroatoms. The molecule has 0 rings (SSSR count). The van der Waals surface area contributed by atoms with E-state index in [1.165, 1.54) is 38.5 Å². The first-order valence-corrected chi connectivity index (χ1v) is 8.23. The van der Waals surface area contributed by atoms with E-state index in [0.29, 0.717) is 12.8 Å². The van der Waals surface area contributed by atoms with Crippen molar-refractivity contribution in [2.45, 2.75) is 90.2 Å². The number of aliphatic hydroxyl groups excluding tert-OH is 2. The van der Waals surface area contributed by atoms with Crippen molar-refractivity contribution in [2.24, 2.45) is 0 Å². The minimum absolute atomic E-state index is 0.126. The highest BCUT2D eigenvalue weighted by Gasteiger charge is 2.19. The molecule has 0 fully saturated rings. The third-order valence-electron chi connectivity index (χ3n) is 3.68. The summed E-state index contributed by atoms with van der Waals surface area (Å²) in [5.41, 5.74) is 0. The van der Waals surface area contributed by atoms with Crippen LogP contribution in [0.5, 0.6) is 0 Å². The fraction of sp³-hybridized carbons (Fsp3) is 0.938. The van der Waals surface area contributed by atoms with E-state index < -0.39 is 12.1 Å². The Kier molecular flexibility index (Phi) is 13.0. The zero-order chi connectivity index (χ0) is 15.2. The summed E-state index contributed by atoms with van der Waals surface area (Å²) in [7, 11) is 0. The van der Waals surface area contributed by atoms with Crippen molar-refractivity contribution in [3.05, 3.63) is 0 Å². The van der Waals surface area contributed by atoms with Crippen LogP contribution in [-0.4, -0.2) is 34.9 Å². The Balaban J connectivity index is 3.59. The summed E-state index contributed by atoms with van der Waals surface area (Å²) >= 11 is 0. The van der Waals surface area contributed by atoms with E-state index in [4.69, 9.17) is 0 Å². The first-order chi connectivity index (χ1) is 9.65. The summed E-state index contributed by atoms with van der Waals surface area (Å²) in [6.07, 6.45) is 10.2. The summed E-state index contributed by atoms with van der Waals surface area (Å²) < 4.78 is 0. The van der Waals surface area contributed by atoms with Crippen molar-refractivity contribution in [3.8, 4) is 0 Å². The molecule has 0 aromatic heterocycles. The molecule has 4 nitrogen and oxygen atoms in total. The second-order valence-corrected chi connectivity index (χ2v) is 5.54. The fourth-order valence-electron chi connectivity index (χ4n) is 2.26. The van der Waals surface area contributed by atoms with Gasteiger partial charge in [-0.1, -0.05) is 65.2 Å². The van der Waals surface area contributed by atoms with Crippen molar-refractivity contribution < 1.29 is 15.0 Å². The molecule has 0 bridgehead atoms. The van der Waals surface area contributed by atoms with Gasteiger partial charge in [-0.2, -0.15) is 0 Å². The number of carbonyl (C=O) groups is 1. The van der Waals surface area contributed by atoms with E-state index in [1.54, 1.807) is 6.92 Å². The van der Waals surface area contributed by atoms with E-state index >= 15 is 0 Å². The molecule has 0 aromatic rings. The molecule has 20 heavy (non-hydrogen) atoms. The zero-order valence-corrected chi connectivity index (χ0v) is 13.2. The van der Waals surface area contributed by atoms with E-state index in [9.17, 15) is 15.0 Å². The van der Waals surface area contributed by atoms with Gasteiger partial charge in [0.1, 0.15) is 0 Å². The number of unbranched alkanes of at least 4 members (excludes halogenated alkanes) is 7. The predicted octanol–water partition coefficient (Wildman–Crippen LogP) is 2.77. The number of amides is 1. The number of nitrogens with one attached hydrogen (secondary N) is 1. The van der Waals surface area contributed by atoms with Crippen LogP contribution in [0, 0.1) is 0 Å². The molecule has 0 spiro atoms. The van der Waals surface area contributed by atoms with Gasteiger partial charge in [0, 0.05) is 6.42 Å². The number of hydrogen-bond donors (Lipinski definition) is 3. The van der Waals surface area contributed by atoms with E-state index in [1.807, 2.05) is 0 Å². The molecule has 2 atom stereocenters. The lowest BCUT2D eigenvalue weighted by molar-refractivity contribution is -0.122. The van der Waals surface area contributed by atoms with E-state index in [2.05, 4.69) is 12.2 Å². The molecule has 0 saturated heterocycles. The van der Waals surface area contributed by atoms with Gasteiger partial charge in [-0.15, -0.1) is 0 Å². The topological polar surface area (TPSA) is 69.6 Å². The Labute approximate surface area is 124 Å². The zero-order valence-electron chi connectivity index (χ0n) is 13.2. The predicted molar refractivity (Wildman–Crippen MR) is 82.5 cm³/mol. The number of rotatable bonds is 13. The second-order valence-electron chi connectivity index (χ2n) is 5.54. The summed E-state index contributed by atoms with van der Waals surface area (Å²) in [5, 5.41) is 21.8. The molecule has 0 aliphatic carbocycles. The van der Waals surface area contributed by atoms with Gasteiger partial charge in [0.2, 0.25) is 5.91 Å². The molecule has 0 radical (unpaired) electrons. The molecule has 0 aliphatic heterocycles. The normalized spacial score (nSPS) is 14.0. The Bertz CT molecular complexity index is 234. The second kappa shape index (κ2) is 13.4. The Morgan fingerprint density at radius 3 is 2.05 bits per heavy atom. The van der Waals surface area contributed by atoms with E-state index in [-0.39, 0.29) is 12.5 Å². The van der Waals surface area contributed by atoms with Crippen LogP contribution >= 0.6 is 0 Å². The minimum Gasteiger partial charge on any atom is -0.394 e.